The molecule has 14 heavy (non-hydrogen) atoms. The SMILES string of the molecule is CCOCCSC(=O)c1ccccc1. The minimum atomic E-state index is 0.116. The molecule has 0 heterocycles. The van der Waals surface area contributed by atoms with Gasteiger partial charge in [0.2, 0.25) is 5.12 Å². The monoisotopic (exact) mass is 210 g/mol. The molecule has 1 aromatic carbocycles. The number of carbonyl (C=O) groups is 1. The molecule has 0 unspecified atom stereocenters. The Morgan fingerprint density at radius 1 is 1.36 bits per heavy atom. The third-order valence-corrected chi connectivity index (χ3v) is 2.54. The molecule has 0 aliphatic rings. The average molecular weight is 210 g/mol. The van der Waals surface area contributed by atoms with E-state index in [2.05, 4.69) is 0 Å². The summed E-state index contributed by atoms with van der Waals surface area (Å²) in [4.78, 5) is 11.5. The molecular formula is C11H14O2S. The maximum atomic E-state index is 11.5. The Morgan fingerprint density at radius 3 is 2.71 bits per heavy atom. The Kier molecular flexibility index (Phi) is 5.33. The van der Waals surface area contributed by atoms with Gasteiger partial charge in [-0.2, -0.15) is 0 Å². The molecule has 0 radical (unpaired) electrons. The number of rotatable bonds is 5. The molecule has 0 aliphatic heterocycles. The van der Waals surface area contributed by atoms with E-state index in [4.69, 9.17) is 4.74 Å². The zero-order chi connectivity index (χ0) is 10.2. The van der Waals surface area contributed by atoms with Crippen LogP contribution in [0.3, 0.4) is 0 Å². The lowest BCUT2D eigenvalue weighted by atomic mass is 10.2. The minimum Gasteiger partial charge on any atom is -0.381 e. The molecule has 76 valence electrons. The number of benzene rings is 1. The molecular weight excluding hydrogens is 196 g/mol. The van der Waals surface area contributed by atoms with Gasteiger partial charge in [0.25, 0.3) is 0 Å². The van der Waals surface area contributed by atoms with E-state index in [0.717, 1.165) is 11.3 Å². The smallest absolute Gasteiger partial charge is 0.219 e. The van der Waals surface area contributed by atoms with Crippen LogP contribution in [0.25, 0.3) is 0 Å². The van der Waals surface area contributed by atoms with Crippen LogP contribution in [0, 0.1) is 0 Å². The molecule has 1 aromatic rings. The molecule has 3 heteroatoms. The third kappa shape index (κ3) is 3.94. The number of carbonyl (C=O) groups excluding carboxylic acids is 1. The van der Waals surface area contributed by atoms with E-state index in [0.29, 0.717) is 13.2 Å². The fraction of sp³-hybridized carbons (Fsp3) is 0.364. The summed E-state index contributed by atoms with van der Waals surface area (Å²) in [5.41, 5.74) is 0.758. The minimum absolute atomic E-state index is 0.116. The van der Waals surface area contributed by atoms with Gasteiger partial charge in [0, 0.05) is 17.9 Å². The predicted molar refractivity (Wildman–Crippen MR) is 59.7 cm³/mol. The lowest BCUT2D eigenvalue weighted by Gasteiger charge is -2.00. The van der Waals surface area contributed by atoms with E-state index in [1.54, 1.807) is 0 Å². The highest BCUT2D eigenvalue weighted by molar-refractivity contribution is 8.14. The molecule has 0 aliphatic carbocycles. The van der Waals surface area contributed by atoms with Gasteiger partial charge in [-0.1, -0.05) is 42.1 Å². The number of hydrogen-bond acceptors (Lipinski definition) is 3. The Balaban J connectivity index is 2.29. The van der Waals surface area contributed by atoms with E-state index in [-0.39, 0.29) is 5.12 Å². The third-order valence-electron chi connectivity index (χ3n) is 1.67. The second-order valence-corrected chi connectivity index (χ2v) is 3.77. The van der Waals surface area contributed by atoms with E-state index in [1.807, 2.05) is 37.3 Å². The van der Waals surface area contributed by atoms with Gasteiger partial charge in [-0.05, 0) is 6.92 Å². The van der Waals surface area contributed by atoms with E-state index in [1.165, 1.54) is 11.8 Å². The molecule has 2 nitrogen and oxygen atoms in total. The Bertz CT molecular complexity index is 272. The van der Waals surface area contributed by atoms with Gasteiger partial charge in [-0.25, -0.2) is 0 Å². The highest BCUT2D eigenvalue weighted by Crippen LogP contribution is 2.11. The first kappa shape index (κ1) is 11.3. The summed E-state index contributed by atoms with van der Waals surface area (Å²) in [5.74, 6) is 0.724. The van der Waals surface area contributed by atoms with Crippen molar-refractivity contribution in [3.05, 3.63) is 35.9 Å². The summed E-state index contributed by atoms with van der Waals surface area (Å²) >= 11 is 1.31. The maximum absolute atomic E-state index is 11.5. The quantitative estimate of drug-likeness (QED) is 0.699. The zero-order valence-corrected chi connectivity index (χ0v) is 9.05. The van der Waals surface area contributed by atoms with Crippen molar-refractivity contribution < 1.29 is 9.53 Å². The molecule has 0 atom stereocenters. The first-order chi connectivity index (χ1) is 6.84. The van der Waals surface area contributed by atoms with Gasteiger partial charge < -0.3 is 4.74 Å². The topological polar surface area (TPSA) is 26.3 Å². The fourth-order valence-corrected chi connectivity index (χ4v) is 1.68. The molecule has 1 rings (SSSR count). The van der Waals surface area contributed by atoms with Crippen LogP contribution in [-0.4, -0.2) is 24.1 Å². The molecule has 0 bridgehead atoms. The molecule has 0 aromatic heterocycles. The number of thioether (sulfide) groups is 1. The van der Waals surface area contributed by atoms with Crippen molar-refractivity contribution in [2.45, 2.75) is 6.92 Å². The van der Waals surface area contributed by atoms with E-state index >= 15 is 0 Å². The molecule has 0 saturated carbocycles. The first-order valence-electron chi connectivity index (χ1n) is 4.64. The van der Waals surface area contributed by atoms with Crippen LogP contribution in [0.15, 0.2) is 30.3 Å². The second-order valence-electron chi connectivity index (χ2n) is 2.70. The standard InChI is InChI=1S/C11H14O2S/c1-2-13-8-9-14-11(12)10-6-4-3-5-7-10/h3-7H,2,8-9H2,1H3. The Morgan fingerprint density at radius 2 is 2.07 bits per heavy atom. The van der Waals surface area contributed by atoms with Crippen molar-refractivity contribution in [3.63, 3.8) is 0 Å². The summed E-state index contributed by atoms with van der Waals surface area (Å²) < 4.78 is 5.15. The van der Waals surface area contributed by atoms with Crippen molar-refractivity contribution in [1.82, 2.24) is 0 Å². The van der Waals surface area contributed by atoms with E-state index in [9.17, 15) is 4.79 Å². The summed E-state index contributed by atoms with van der Waals surface area (Å²) in [6, 6.07) is 9.31. The molecule has 0 fully saturated rings. The van der Waals surface area contributed by atoms with Crippen LogP contribution in [0.5, 0.6) is 0 Å². The van der Waals surface area contributed by atoms with Crippen molar-refractivity contribution in [2.75, 3.05) is 19.0 Å². The van der Waals surface area contributed by atoms with Crippen LogP contribution in [0.1, 0.15) is 17.3 Å². The predicted octanol–water partition coefficient (Wildman–Crippen LogP) is 2.60. The van der Waals surface area contributed by atoms with Crippen molar-refractivity contribution >= 4 is 16.9 Å². The van der Waals surface area contributed by atoms with E-state index < -0.39 is 0 Å². The summed E-state index contributed by atoms with van der Waals surface area (Å²) in [6.07, 6.45) is 0. The van der Waals surface area contributed by atoms with Gasteiger partial charge in [-0.15, -0.1) is 0 Å². The van der Waals surface area contributed by atoms with Crippen molar-refractivity contribution in [1.29, 1.82) is 0 Å². The van der Waals surface area contributed by atoms with Gasteiger partial charge >= 0.3 is 0 Å². The average Bonchev–Trinajstić information content (AvgIpc) is 2.25. The van der Waals surface area contributed by atoms with Crippen molar-refractivity contribution in [3.8, 4) is 0 Å². The highest BCUT2D eigenvalue weighted by atomic mass is 32.2. The Hall–Kier alpha value is -0.800. The molecule has 0 amide bonds. The molecule has 0 N–H and O–H groups in total. The lowest BCUT2D eigenvalue weighted by Crippen LogP contribution is -2.00. The van der Waals surface area contributed by atoms with Crippen LogP contribution < -0.4 is 0 Å². The van der Waals surface area contributed by atoms with Crippen LogP contribution in [0.2, 0.25) is 0 Å². The summed E-state index contributed by atoms with van der Waals surface area (Å²) in [6.45, 7) is 3.30. The van der Waals surface area contributed by atoms with Crippen LogP contribution in [-0.2, 0) is 4.74 Å². The van der Waals surface area contributed by atoms with Crippen LogP contribution in [0.4, 0.5) is 0 Å². The number of hydrogen-bond donors (Lipinski definition) is 0. The maximum Gasteiger partial charge on any atom is 0.219 e. The summed E-state index contributed by atoms with van der Waals surface area (Å²) in [7, 11) is 0. The first-order valence-corrected chi connectivity index (χ1v) is 5.63. The van der Waals surface area contributed by atoms with Gasteiger partial charge in [0.1, 0.15) is 0 Å². The fourth-order valence-electron chi connectivity index (χ4n) is 0.995. The van der Waals surface area contributed by atoms with Crippen molar-refractivity contribution in [2.24, 2.45) is 0 Å². The van der Waals surface area contributed by atoms with Gasteiger partial charge in [0.05, 0.1) is 6.61 Å². The largest absolute Gasteiger partial charge is 0.381 e. The lowest BCUT2D eigenvalue weighted by molar-refractivity contribution is 0.108. The summed E-state index contributed by atoms with van der Waals surface area (Å²) in [5, 5.41) is 0.116. The number of ether oxygens (including phenoxy) is 1. The van der Waals surface area contributed by atoms with Crippen LogP contribution >= 0.6 is 11.8 Å². The highest BCUT2D eigenvalue weighted by Gasteiger charge is 2.04. The normalized spacial score (nSPS) is 10.1. The Labute approximate surface area is 88.7 Å². The molecule has 0 saturated heterocycles. The second kappa shape index (κ2) is 6.62. The zero-order valence-electron chi connectivity index (χ0n) is 8.23. The van der Waals surface area contributed by atoms with Gasteiger partial charge in [0.15, 0.2) is 0 Å². The molecule has 0 spiro atoms. The van der Waals surface area contributed by atoms with Gasteiger partial charge in [-0.3, -0.25) is 4.79 Å².